The summed E-state index contributed by atoms with van der Waals surface area (Å²) in [4.78, 5) is 69.8. The highest BCUT2D eigenvalue weighted by atomic mass is 16.3. The maximum Gasteiger partial charge on any atom is 0.320 e. The van der Waals surface area contributed by atoms with Crippen LogP contribution in [0.25, 0.3) is 11.0 Å². The zero-order valence-corrected chi connectivity index (χ0v) is 35.0. The zero-order valence-electron chi connectivity index (χ0n) is 35.0. The van der Waals surface area contributed by atoms with Crippen molar-refractivity contribution in [3.8, 4) is 0 Å². The Kier molecular flexibility index (Phi) is 10.3. The average molecular weight is 829 g/mol. The Morgan fingerprint density at radius 3 is 2.46 bits per heavy atom. The molecule has 0 saturated carbocycles. The number of nitrogens with two attached hydrogens (primary N) is 1. The Bertz CT molecular complexity index is 2350. The van der Waals surface area contributed by atoms with Gasteiger partial charge in [0, 0.05) is 81.6 Å². The van der Waals surface area contributed by atoms with E-state index < -0.39 is 5.91 Å². The van der Waals surface area contributed by atoms with Crippen molar-refractivity contribution < 1.29 is 23.6 Å². The topological polar surface area (TPSA) is 173 Å². The summed E-state index contributed by atoms with van der Waals surface area (Å²) in [6.45, 7) is 8.35. The molecule has 5 amide bonds. The van der Waals surface area contributed by atoms with Crippen LogP contribution in [0.5, 0.6) is 0 Å². The molecule has 2 aromatic heterocycles. The molecular weight excluding hydrogens is 773 g/mol. The van der Waals surface area contributed by atoms with Crippen LogP contribution in [0.2, 0.25) is 0 Å². The van der Waals surface area contributed by atoms with Crippen molar-refractivity contribution in [2.24, 2.45) is 17.1 Å². The third-order valence-electron chi connectivity index (χ3n) is 14.7. The number of urea groups is 1. The van der Waals surface area contributed by atoms with Crippen LogP contribution in [0.1, 0.15) is 84.5 Å². The molecular formula is C46H56N10O5. The fourth-order valence-corrected chi connectivity index (χ4v) is 11.1. The average Bonchev–Trinajstić information content (AvgIpc) is 3.98. The van der Waals surface area contributed by atoms with E-state index in [0.717, 1.165) is 100 Å². The number of piperidine rings is 4. The predicted molar refractivity (Wildman–Crippen MR) is 232 cm³/mol. The monoisotopic (exact) mass is 828 g/mol. The number of amides is 5. The molecule has 10 rings (SSSR count). The van der Waals surface area contributed by atoms with Gasteiger partial charge in [-0.2, -0.15) is 0 Å². The van der Waals surface area contributed by atoms with Gasteiger partial charge in [-0.15, -0.1) is 0 Å². The Balaban J connectivity index is 0.716. The number of carbonyl (C=O) groups excluding carboxylic acids is 4. The van der Waals surface area contributed by atoms with E-state index in [1.807, 2.05) is 24.1 Å². The predicted octanol–water partition coefficient (Wildman–Crippen LogP) is 5.02. The summed E-state index contributed by atoms with van der Waals surface area (Å²) < 4.78 is 6.14. The first kappa shape index (κ1) is 39.4. The van der Waals surface area contributed by atoms with Crippen molar-refractivity contribution in [3.63, 3.8) is 0 Å². The maximum atomic E-state index is 12.7. The Hall–Kier alpha value is -5.70. The molecule has 1 aliphatic carbocycles. The van der Waals surface area contributed by atoms with Crippen LogP contribution in [0.4, 0.5) is 27.8 Å². The summed E-state index contributed by atoms with van der Waals surface area (Å²) in [5.74, 6) is 0.135. The highest BCUT2D eigenvalue weighted by molar-refractivity contribution is 6.03. The number of anilines is 4. The van der Waals surface area contributed by atoms with Gasteiger partial charge in [0.1, 0.15) is 11.4 Å². The highest BCUT2D eigenvalue weighted by Crippen LogP contribution is 2.44. The Labute approximate surface area is 356 Å². The van der Waals surface area contributed by atoms with E-state index in [1.165, 1.54) is 42.5 Å². The molecule has 4 N–H and O–H groups in total. The van der Waals surface area contributed by atoms with Crippen molar-refractivity contribution in [1.29, 1.82) is 0 Å². The molecule has 5 fully saturated rings. The van der Waals surface area contributed by atoms with E-state index in [-0.39, 0.29) is 35.5 Å². The summed E-state index contributed by atoms with van der Waals surface area (Å²) in [5.41, 5.74) is 12.7. The summed E-state index contributed by atoms with van der Waals surface area (Å²) in [5, 5.41) is 6.83. The van der Waals surface area contributed by atoms with Gasteiger partial charge in [-0.05, 0) is 118 Å². The van der Waals surface area contributed by atoms with Gasteiger partial charge in [0.25, 0.3) is 5.91 Å². The van der Waals surface area contributed by atoms with Crippen molar-refractivity contribution in [2.45, 2.75) is 76.2 Å². The smallest absolute Gasteiger partial charge is 0.320 e. The number of furan rings is 1. The summed E-state index contributed by atoms with van der Waals surface area (Å²) in [6.07, 6.45) is 13.0. The van der Waals surface area contributed by atoms with Crippen LogP contribution in [0.3, 0.4) is 0 Å². The van der Waals surface area contributed by atoms with E-state index in [9.17, 15) is 19.2 Å². The largest absolute Gasteiger partial charge is 0.464 e. The van der Waals surface area contributed by atoms with Crippen LogP contribution >= 0.6 is 0 Å². The highest BCUT2D eigenvalue weighted by Gasteiger charge is 2.39. The lowest BCUT2D eigenvalue weighted by atomic mass is 9.71. The number of fused-ring (bicyclic) bond motifs is 3. The number of carbonyl (C=O) groups is 4. The summed E-state index contributed by atoms with van der Waals surface area (Å²) in [6, 6.07) is 12.8. The van der Waals surface area contributed by atoms with Crippen molar-refractivity contribution in [3.05, 3.63) is 71.2 Å². The quantitative estimate of drug-likeness (QED) is 0.194. The third kappa shape index (κ3) is 7.65. The van der Waals surface area contributed by atoms with E-state index in [2.05, 4.69) is 54.6 Å². The summed E-state index contributed by atoms with van der Waals surface area (Å²) in [7, 11) is 1.84. The second kappa shape index (κ2) is 16.0. The van der Waals surface area contributed by atoms with Crippen molar-refractivity contribution in [1.82, 2.24) is 30.0 Å². The van der Waals surface area contributed by atoms with Gasteiger partial charge in [-0.25, -0.2) is 14.8 Å². The van der Waals surface area contributed by atoms with Gasteiger partial charge in [0.2, 0.25) is 11.8 Å². The van der Waals surface area contributed by atoms with Gasteiger partial charge in [-0.1, -0.05) is 12.1 Å². The molecule has 7 heterocycles. The number of likely N-dealkylation sites (N-methyl/N-ethyl adjacent to an activating group) is 1. The second-order valence-electron chi connectivity index (χ2n) is 18.4. The van der Waals surface area contributed by atoms with Crippen molar-refractivity contribution in [2.75, 3.05) is 81.1 Å². The normalized spacial score (nSPS) is 24.5. The number of rotatable bonds is 9. The number of benzene rings is 2. The molecule has 3 atom stereocenters. The number of hydrogen-bond acceptors (Lipinski definition) is 11. The molecule has 5 aliphatic heterocycles. The van der Waals surface area contributed by atoms with Gasteiger partial charge >= 0.3 is 6.03 Å². The maximum absolute atomic E-state index is 12.7. The molecule has 5 saturated heterocycles. The Morgan fingerprint density at radius 1 is 0.934 bits per heavy atom. The van der Waals surface area contributed by atoms with Crippen LogP contribution in [-0.2, 0) is 22.4 Å². The summed E-state index contributed by atoms with van der Waals surface area (Å²) >= 11 is 0. The Morgan fingerprint density at radius 2 is 1.72 bits per heavy atom. The van der Waals surface area contributed by atoms with E-state index in [0.29, 0.717) is 42.4 Å². The number of imide groups is 1. The molecule has 61 heavy (non-hydrogen) atoms. The number of primary amides is 1. The van der Waals surface area contributed by atoms with Gasteiger partial charge in [0.15, 0.2) is 11.5 Å². The first-order chi connectivity index (χ1) is 29.6. The first-order valence-electron chi connectivity index (χ1n) is 22.2. The van der Waals surface area contributed by atoms with Crippen LogP contribution in [0.15, 0.2) is 53.3 Å². The zero-order chi connectivity index (χ0) is 41.8. The van der Waals surface area contributed by atoms with Gasteiger partial charge in [-0.3, -0.25) is 19.7 Å². The number of likely N-dealkylation sites (tertiary alicyclic amines) is 1. The fraction of sp³-hybridized carbons (Fsp3) is 0.522. The van der Waals surface area contributed by atoms with E-state index in [1.54, 1.807) is 17.4 Å². The van der Waals surface area contributed by atoms with E-state index >= 15 is 0 Å². The molecule has 320 valence electrons. The standard InChI is InChI=1S/C46H56N10O5/c1-52-21-22-56(45(52)60)33-3-2-16-55(27-33)38-25-48-40(42(47)58)43(50-38)49-31-5-7-32(8-6-31)54-19-14-46(15-20-54)12-17-53(18-13-46)26-29-23-30-4-9-34-37(28-61-41(34)36(30)24-29)35-10-11-39(57)51-44(35)59/h4-9,25,28-29,33,35H,2-3,10-24,26-27H2,1H3,(H2,47,58)(H,49,50)(H,51,57,59)/t29?,33-,35?/m1/s1. The van der Waals surface area contributed by atoms with Crippen LogP contribution in [0, 0.1) is 11.3 Å². The lowest BCUT2D eigenvalue weighted by Gasteiger charge is -2.47. The second-order valence-corrected chi connectivity index (χ2v) is 18.4. The minimum atomic E-state index is -0.642. The fourth-order valence-electron chi connectivity index (χ4n) is 11.1. The molecule has 4 aromatic rings. The molecule has 6 aliphatic rings. The van der Waals surface area contributed by atoms with Gasteiger partial charge < -0.3 is 40.0 Å². The number of aromatic nitrogens is 2. The lowest BCUT2D eigenvalue weighted by molar-refractivity contribution is -0.134. The molecule has 2 unspecified atom stereocenters. The lowest BCUT2D eigenvalue weighted by Crippen LogP contribution is -2.49. The van der Waals surface area contributed by atoms with Crippen molar-refractivity contribution >= 4 is 57.7 Å². The molecule has 15 heteroatoms. The minimum Gasteiger partial charge on any atom is -0.464 e. The van der Waals surface area contributed by atoms with E-state index in [4.69, 9.17) is 15.1 Å². The molecule has 2 aromatic carbocycles. The molecule has 15 nitrogen and oxygen atoms in total. The molecule has 0 radical (unpaired) electrons. The number of hydrogen-bond donors (Lipinski definition) is 3. The van der Waals surface area contributed by atoms with Crippen LogP contribution in [-0.4, -0.2) is 120 Å². The molecule has 0 bridgehead atoms. The van der Waals surface area contributed by atoms with Crippen LogP contribution < -0.4 is 26.2 Å². The minimum absolute atomic E-state index is 0.0738. The SMILES string of the molecule is CN1CCN([C@@H]2CCCN(c3cnc(C(N)=O)c(Nc4ccc(N5CCC6(CCN(CC7Cc8ccc9c(C%10CCC(=O)NC%10=O)coc9c8C7)CC6)CC5)cc4)n3)C2)C1=O. The molecule has 1 spiro atoms. The first-order valence-corrected chi connectivity index (χ1v) is 22.2. The third-order valence-corrected chi connectivity index (χ3v) is 14.7. The van der Waals surface area contributed by atoms with Gasteiger partial charge in [0.05, 0.1) is 24.4 Å². The number of nitrogens with one attached hydrogen (secondary N) is 2. The number of nitrogens with zero attached hydrogens (tertiary/aromatic N) is 7.